The van der Waals surface area contributed by atoms with Crippen molar-refractivity contribution in [2.24, 2.45) is 5.92 Å². The number of anilines is 2. The molecule has 5 nitrogen and oxygen atoms in total. The van der Waals surface area contributed by atoms with Gasteiger partial charge in [0.15, 0.2) is 0 Å². The van der Waals surface area contributed by atoms with Gasteiger partial charge < -0.3 is 15.8 Å². The van der Waals surface area contributed by atoms with E-state index in [1.54, 1.807) is 6.07 Å². The standard InChI is InChI=1S/C11H15N3O2/c1-6-3-9(6)14-10-8(11(15)16-2)4-7(12)5-13-10/h4-6,9H,3,12H2,1-2H3,(H,13,14). The molecular weight excluding hydrogens is 206 g/mol. The number of pyridine rings is 1. The number of carbonyl (C=O) groups is 1. The highest BCUT2D eigenvalue weighted by molar-refractivity contribution is 5.95. The minimum Gasteiger partial charge on any atom is -0.465 e. The van der Waals surface area contributed by atoms with Crippen LogP contribution in [0.5, 0.6) is 0 Å². The number of rotatable bonds is 3. The van der Waals surface area contributed by atoms with Crippen LogP contribution in [0.4, 0.5) is 11.5 Å². The lowest BCUT2D eigenvalue weighted by molar-refractivity contribution is 0.0601. The van der Waals surface area contributed by atoms with Crippen molar-refractivity contribution in [3.8, 4) is 0 Å². The lowest BCUT2D eigenvalue weighted by Crippen LogP contribution is -2.12. The summed E-state index contributed by atoms with van der Waals surface area (Å²) in [6.07, 6.45) is 2.63. The lowest BCUT2D eigenvalue weighted by Gasteiger charge is -2.09. The van der Waals surface area contributed by atoms with E-state index in [0.717, 1.165) is 6.42 Å². The van der Waals surface area contributed by atoms with Crippen LogP contribution >= 0.6 is 0 Å². The molecule has 0 aromatic carbocycles. The minimum absolute atomic E-state index is 0.390. The molecule has 3 N–H and O–H groups in total. The molecule has 2 rings (SSSR count). The lowest BCUT2D eigenvalue weighted by atomic mass is 10.2. The number of nitrogens with two attached hydrogens (primary N) is 1. The maximum atomic E-state index is 11.5. The van der Waals surface area contributed by atoms with Gasteiger partial charge in [-0.05, 0) is 18.4 Å². The first-order valence-electron chi connectivity index (χ1n) is 5.22. The van der Waals surface area contributed by atoms with E-state index in [2.05, 4.69) is 22.0 Å². The van der Waals surface area contributed by atoms with Crippen LogP contribution in [0.15, 0.2) is 12.3 Å². The number of methoxy groups -OCH3 is 1. The first-order chi connectivity index (χ1) is 7.61. The van der Waals surface area contributed by atoms with Gasteiger partial charge in [0.1, 0.15) is 11.4 Å². The number of hydrogen-bond donors (Lipinski definition) is 2. The average molecular weight is 221 g/mol. The Morgan fingerprint density at radius 3 is 2.94 bits per heavy atom. The Hall–Kier alpha value is -1.78. The zero-order chi connectivity index (χ0) is 11.7. The van der Waals surface area contributed by atoms with E-state index in [1.807, 2.05) is 0 Å². The van der Waals surface area contributed by atoms with Gasteiger partial charge in [-0.2, -0.15) is 0 Å². The van der Waals surface area contributed by atoms with Crippen molar-refractivity contribution in [3.63, 3.8) is 0 Å². The summed E-state index contributed by atoms with van der Waals surface area (Å²) in [7, 11) is 1.34. The smallest absolute Gasteiger partial charge is 0.341 e. The van der Waals surface area contributed by atoms with Crippen LogP contribution in [-0.2, 0) is 4.74 Å². The fourth-order valence-electron chi connectivity index (χ4n) is 1.56. The maximum Gasteiger partial charge on any atom is 0.341 e. The Bertz CT molecular complexity index is 420. The zero-order valence-corrected chi connectivity index (χ0v) is 9.36. The van der Waals surface area contributed by atoms with Crippen molar-refractivity contribution in [1.82, 2.24) is 4.98 Å². The van der Waals surface area contributed by atoms with Gasteiger partial charge in [0.05, 0.1) is 19.0 Å². The predicted octanol–water partition coefficient (Wildman–Crippen LogP) is 1.27. The summed E-state index contributed by atoms with van der Waals surface area (Å²) < 4.78 is 4.69. The summed E-state index contributed by atoms with van der Waals surface area (Å²) >= 11 is 0. The molecule has 1 heterocycles. The summed E-state index contributed by atoms with van der Waals surface area (Å²) in [5.74, 6) is 0.760. The number of aromatic nitrogens is 1. The van der Waals surface area contributed by atoms with E-state index < -0.39 is 5.97 Å². The summed E-state index contributed by atoms with van der Waals surface area (Å²) in [6.45, 7) is 2.15. The third kappa shape index (κ3) is 2.08. The second-order valence-electron chi connectivity index (χ2n) is 4.12. The van der Waals surface area contributed by atoms with Crippen LogP contribution in [-0.4, -0.2) is 24.1 Å². The zero-order valence-electron chi connectivity index (χ0n) is 9.36. The van der Waals surface area contributed by atoms with E-state index in [9.17, 15) is 4.79 Å². The summed E-state index contributed by atoms with van der Waals surface area (Å²) in [5.41, 5.74) is 6.44. The first kappa shape index (κ1) is 10.7. The van der Waals surface area contributed by atoms with E-state index in [0.29, 0.717) is 29.0 Å². The van der Waals surface area contributed by atoms with Crippen LogP contribution in [0, 0.1) is 5.92 Å². The molecule has 1 fully saturated rings. The second-order valence-corrected chi connectivity index (χ2v) is 4.12. The molecule has 0 saturated heterocycles. The van der Waals surface area contributed by atoms with Crippen molar-refractivity contribution in [1.29, 1.82) is 0 Å². The third-order valence-electron chi connectivity index (χ3n) is 2.75. The van der Waals surface area contributed by atoms with Crippen LogP contribution in [0.2, 0.25) is 0 Å². The molecule has 1 aliphatic carbocycles. The fraction of sp³-hybridized carbons (Fsp3) is 0.455. The van der Waals surface area contributed by atoms with E-state index in [4.69, 9.17) is 5.73 Å². The number of nitrogens with zero attached hydrogens (tertiary/aromatic N) is 1. The molecule has 2 unspecified atom stereocenters. The van der Waals surface area contributed by atoms with Gasteiger partial charge in [0.25, 0.3) is 0 Å². The predicted molar refractivity (Wildman–Crippen MR) is 61.2 cm³/mol. The minimum atomic E-state index is -0.421. The largest absolute Gasteiger partial charge is 0.465 e. The molecule has 1 aromatic rings. The number of nitrogens with one attached hydrogen (secondary N) is 1. The van der Waals surface area contributed by atoms with E-state index >= 15 is 0 Å². The Balaban J connectivity index is 2.24. The molecule has 0 aliphatic heterocycles. The molecular formula is C11H15N3O2. The normalized spacial score (nSPS) is 22.6. The monoisotopic (exact) mass is 221 g/mol. The highest BCUT2D eigenvalue weighted by Gasteiger charge is 2.33. The first-order valence-corrected chi connectivity index (χ1v) is 5.22. The van der Waals surface area contributed by atoms with Crippen LogP contribution in [0.25, 0.3) is 0 Å². The Morgan fingerprint density at radius 1 is 1.69 bits per heavy atom. The van der Waals surface area contributed by atoms with Crippen molar-refractivity contribution in [2.45, 2.75) is 19.4 Å². The third-order valence-corrected chi connectivity index (χ3v) is 2.75. The number of nitrogen functional groups attached to an aromatic ring is 1. The Labute approximate surface area is 94.0 Å². The fourth-order valence-corrected chi connectivity index (χ4v) is 1.56. The molecule has 5 heteroatoms. The van der Waals surface area contributed by atoms with Gasteiger partial charge in [-0.3, -0.25) is 0 Å². The molecule has 1 saturated carbocycles. The summed E-state index contributed by atoms with van der Waals surface area (Å²) in [5, 5.41) is 3.21. The van der Waals surface area contributed by atoms with Crippen molar-refractivity contribution < 1.29 is 9.53 Å². The molecule has 86 valence electrons. The highest BCUT2D eigenvalue weighted by atomic mass is 16.5. The summed E-state index contributed by atoms with van der Waals surface area (Å²) in [4.78, 5) is 15.6. The molecule has 16 heavy (non-hydrogen) atoms. The quantitative estimate of drug-likeness (QED) is 0.751. The van der Waals surface area contributed by atoms with Crippen molar-refractivity contribution >= 4 is 17.5 Å². The Morgan fingerprint density at radius 2 is 2.38 bits per heavy atom. The molecule has 0 amide bonds. The molecule has 1 aromatic heterocycles. The number of carbonyl (C=O) groups excluding carboxylic acids is 1. The molecule has 1 aliphatic rings. The molecule has 2 atom stereocenters. The van der Waals surface area contributed by atoms with Crippen LogP contribution in [0.1, 0.15) is 23.7 Å². The van der Waals surface area contributed by atoms with Crippen molar-refractivity contribution in [3.05, 3.63) is 17.8 Å². The second kappa shape index (κ2) is 4.00. The van der Waals surface area contributed by atoms with Gasteiger partial charge in [0, 0.05) is 6.04 Å². The van der Waals surface area contributed by atoms with E-state index in [-0.39, 0.29) is 0 Å². The SMILES string of the molecule is COC(=O)c1cc(N)cnc1NC1CC1C. The van der Waals surface area contributed by atoms with Gasteiger partial charge >= 0.3 is 5.97 Å². The highest BCUT2D eigenvalue weighted by Crippen LogP contribution is 2.33. The maximum absolute atomic E-state index is 11.5. The van der Waals surface area contributed by atoms with Crippen molar-refractivity contribution in [2.75, 3.05) is 18.2 Å². The molecule has 0 spiro atoms. The van der Waals surface area contributed by atoms with Gasteiger partial charge in [-0.15, -0.1) is 0 Å². The summed E-state index contributed by atoms with van der Waals surface area (Å²) in [6, 6.07) is 1.98. The Kier molecular flexibility index (Phi) is 2.68. The van der Waals surface area contributed by atoms with E-state index in [1.165, 1.54) is 13.3 Å². The molecule has 0 bridgehead atoms. The number of hydrogen-bond acceptors (Lipinski definition) is 5. The number of esters is 1. The van der Waals surface area contributed by atoms with Gasteiger partial charge in [0.2, 0.25) is 0 Å². The topological polar surface area (TPSA) is 77.2 Å². The van der Waals surface area contributed by atoms with Crippen LogP contribution in [0.3, 0.4) is 0 Å². The van der Waals surface area contributed by atoms with Gasteiger partial charge in [-0.1, -0.05) is 6.92 Å². The van der Waals surface area contributed by atoms with Crippen LogP contribution < -0.4 is 11.1 Å². The van der Waals surface area contributed by atoms with Gasteiger partial charge in [-0.25, -0.2) is 9.78 Å². The molecule has 0 radical (unpaired) electrons. The average Bonchev–Trinajstić information content (AvgIpc) is 2.96. The number of ether oxygens (including phenoxy) is 1.